The van der Waals surface area contributed by atoms with Crippen LogP contribution in [0.3, 0.4) is 0 Å². The highest BCUT2D eigenvalue weighted by Gasteiger charge is 2.25. The van der Waals surface area contributed by atoms with E-state index in [1.54, 1.807) is 0 Å². The van der Waals surface area contributed by atoms with Gasteiger partial charge in [0.05, 0.1) is 17.9 Å². The quantitative estimate of drug-likeness (QED) is 0.713. The normalized spacial score (nSPS) is 17.0. The van der Waals surface area contributed by atoms with Crippen LogP contribution in [0.25, 0.3) is 0 Å². The number of rotatable bonds is 6. The zero-order valence-corrected chi connectivity index (χ0v) is 15.7. The smallest absolute Gasteiger partial charge is 0.267 e. The first-order valence-corrected chi connectivity index (χ1v) is 9.22. The molecule has 1 aliphatic heterocycles. The number of hydrogen-bond donors (Lipinski definition) is 1. The lowest BCUT2D eigenvalue weighted by molar-refractivity contribution is 0.0939. The highest BCUT2D eigenvalue weighted by atomic mass is 16.1. The van der Waals surface area contributed by atoms with Gasteiger partial charge in [-0.15, -0.1) is 0 Å². The average molecular weight is 367 g/mol. The summed E-state index contributed by atoms with van der Waals surface area (Å²) in [7, 11) is 3.81. The van der Waals surface area contributed by atoms with E-state index in [1.807, 2.05) is 54.1 Å². The third kappa shape index (κ3) is 3.80. The summed E-state index contributed by atoms with van der Waals surface area (Å²) in [4.78, 5) is 14.7. The molecule has 1 aliphatic rings. The minimum absolute atomic E-state index is 0.0359. The van der Waals surface area contributed by atoms with Crippen LogP contribution < -0.4 is 5.32 Å². The molecule has 8 nitrogen and oxygen atoms in total. The second kappa shape index (κ2) is 7.40. The second-order valence-corrected chi connectivity index (χ2v) is 7.16. The molecule has 0 bridgehead atoms. The van der Waals surface area contributed by atoms with E-state index in [1.165, 1.54) is 11.3 Å². The Bertz CT molecular complexity index is 922. The van der Waals surface area contributed by atoms with Gasteiger partial charge in [0, 0.05) is 64.4 Å². The van der Waals surface area contributed by atoms with Gasteiger partial charge >= 0.3 is 0 Å². The van der Waals surface area contributed by atoms with Gasteiger partial charge in [-0.05, 0) is 24.6 Å². The van der Waals surface area contributed by atoms with Crippen LogP contribution in [0.1, 0.15) is 34.2 Å². The van der Waals surface area contributed by atoms with E-state index in [0.717, 1.165) is 26.1 Å². The number of amides is 1. The second-order valence-electron chi connectivity index (χ2n) is 7.16. The van der Waals surface area contributed by atoms with Crippen molar-refractivity contribution in [3.05, 3.63) is 59.9 Å². The van der Waals surface area contributed by atoms with Crippen LogP contribution in [0.4, 0.5) is 0 Å². The first-order valence-electron chi connectivity index (χ1n) is 9.22. The van der Waals surface area contributed by atoms with E-state index < -0.39 is 0 Å². The predicted octanol–water partition coefficient (Wildman–Crippen LogP) is 1.33. The van der Waals surface area contributed by atoms with E-state index in [-0.39, 0.29) is 11.9 Å². The van der Waals surface area contributed by atoms with Crippen molar-refractivity contribution in [2.45, 2.75) is 25.6 Å². The maximum absolute atomic E-state index is 12.3. The summed E-state index contributed by atoms with van der Waals surface area (Å²) in [6.45, 7) is 3.27. The lowest BCUT2D eigenvalue weighted by Crippen LogP contribution is -2.39. The Hall–Kier alpha value is -2.87. The van der Waals surface area contributed by atoms with Crippen molar-refractivity contribution >= 4 is 5.91 Å². The summed E-state index contributed by atoms with van der Waals surface area (Å²) in [6.07, 6.45) is 8.55. The van der Waals surface area contributed by atoms with Gasteiger partial charge in [0.25, 0.3) is 5.91 Å². The molecule has 4 rings (SSSR count). The Kier molecular flexibility index (Phi) is 4.81. The number of aryl methyl sites for hydroxylation is 2. The SMILES string of the molecule is Cn1cc(CN2Cc3ccnn3[C@@H](CCNC(=O)c3cccn3C)C2)cn1. The molecule has 0 radical (unpaired) electrons. The molecule has 27 heavy (non-hydrogen) atoms. The lowest BCUT2D eigenvalue weighted by atomic mass is 10.1. The minimum Gasteiger partial charge on any atom is -0.351 e. The highest BCUT2D eigenvalue weighted by molar-refractivity contribution is 5.92. The molecule has 3 aromatic heterocycles. The van der Waals surface area contributed by atoms with Gasteiger partial charge in [0.1, 0.15) is 5.69 Å². The van der Waals surface area contributed by atoms with Crippen molar-refractivity contribution in [3.63, 3.8) is 0 Å². The standard InChI is InChI=1S/C19H25N7O/c1-23-9-3-4-18(23)19(27)20-7-5-16-13-25(12-15-10-22-24(2)11-15)14-17-6-8-21-26(16)17/h3-4,6,8-11,16H,5,7,12-14H2,1-2H3,(H,20,27)/t16-/m0/s1. The van der Waals surface area contributed by atoms with E-state index >= 15 is 0 Å². The molecule has 4 heterocycles. The Balaban J connectivity index is 1.38. The maximum atomic E-state index is 12.3. The number of nitrogens with one attached hydrogen (secondary N) is 1. The van der Waals surface area contributed by atoms with Crippen LogP contribution >= 0.6 is 0 Å². The van der Waals surface area contributed by atoms with Crippen LogP contribution in [-0.2, 0) is 27.2 Å². The maximum Gasteiger partial charge on any atom is 0.267 e. The Morgan fingerprint density at radius 1 is 1.30 bits per heavy atom. The van der Waals surface area contributed by atoms with Crippen molar-refractivity contribution in [3.8, 4) is 0 Å². The van der Waals surface area contributed by atoms with Crippen molar-refractivity contribution in [2.24, 2.45) is 14.1 Å². The zero-order valence-electron chi connectivity index (χ0n) is 15.7. The summed E-state index contributed by atoms with van der Waals surface area (Å²) < 4.78 is 5.77. The predicted molar refractivity (Wildman–Crippen MR) is 101 cm³/mol. The van der Waals surface area contributed by atoms with Crippen LogP contribution in [0.5, 0.6) is 0 Å². The lowest BCUT2D eigenvalue weighted by Gasteiger charge is -2.33. The molecule has 1 N–H and O–H groups in total. The van der Waals surface area contributed by atoms with E-state index in [9.17, 15) is 4.79 Å². The fraction of sp³-hybridized carbons (Fsp3) is 0.421. The topological polar surface area (TPSA) is 72.9 Å². The average Bonchev–Trinajstić information content (AvgIpc) is 3.36. The molecule has 0 fully saturated rings. The molecular weight excluding hydrogens is 342 g/mol. The van der Waals surface area contributed by atoms with Gasteiger partial charge in [-0.1, -0.05) is 0 Å². The summed E-state index contributed by atoms with van der Waals surface area (Å²) in [5.41, 5.74) is 3.10. The van der Waals surface area contributed by atoms with Crippen LogP contribution in [0.2, 0.25) is 0 Å². The summed E-state index contributed by atoms with van der Waals surface area (Å²) in [5, 5.41) is 11.8. The Morgan fingerprint density at radius 3 is 2.93 bits per heavy atom. The van der Waals surface area contributed by atoms with Crippen molar-refractivity contribution in [2.75, 3.05) is 13.1 Å². The number of nitrogens with zero attached hydrogens (tertiary/aromatic N) is 6. The fourth-order valence-electron chi connectivity index (χ4n) is 3.75. The molecule has 0 aliphatic carbocycles. The molecule has 0 saturated carbocycles. The molecular formula is C19H25N7O. The third-order valence-corrected chi connectivity index (χ3v) is 5.06. The molecule has 0 spiro atoms. The number of carbonyl (C=O) groups excluding carboxylic acids is 1. The first-order chi connectivity index (χ1) is 13.1. The Labute approximate surface area is 158 Å². The molecule has 0 aromatic carbocycles. The zero-order chi connectivity index (χ0) is 18.8. The van der Waals surface area contributed by atoms with E-state index in [0.29, 0.717) is 12.2 Å². The summed E-state index contributed by atoms with van der Waals surface area (Å²) in [6, 6.07) is 6.03. The molecule has 1 atom stereocenters. The number of fused-ring (bicyclic) bond motifs is 1. The molecule has 1 amide bonds. The van der Waals surface area contributed by atoms with E-state index in [4.69, 9.17) is 0 Å². The highest BCUT2D eigenvalue weighted by Crippen LogP contribution is 2.24. The van der Waals surface area contributed by atoms with Gasteiger partial charge in [-0.2, -0.15) is 10.2 Å². The molecule has 0 unspecified atom stereocenters. The van der Waals surface area contributed by atoms with Gasteiger partial charge in [0.2, 0.25) is 0 Å². The van der Waals surface area contributed by atoms with Gasteiger partial charge < -0.3 is 9.88 Å². The number of carbonyl (C=O) groups is 1. The number of aromatic nitrogens is 5. The van der Waals surface area contributed by atoms with Crippen molar-refractivity contribution < 1.29 is 4.79 Å². The Morgan fingerprint density at radius 2 is 2.19 bits per heavy atom. The minimum atomic E-state index is -0.0359. The number of hydrogen-bond acceptors (Lipinski definition) is 4. The third-order valence-electron chi connectivity index (χ3n) is 5.06. The van der Waals surface area contributed by atoms with Gasteiger partial charge in [0.15, 0.2) is 0 Å². The largest absolute Gasteiger partial charge is 0.351 e. The van der Waals surface area contributed by atoms with Gasteiger partial charge in [-0.3, -0.25) is 19.1 Å². The molecule has 8 heteroatoms. The van der Waals surface area contributed by atoms with Crippen LogP contribution in [0, 0.1) is 0 Å². The first kappa shape index (κ1) is 17.5. The molecule has 3 aromatic rings. The van der Waals surface area contributed by atoms with Crippen molar-refractivity contribution in [1.82, 2.24) is 34.3 Å². The van der Waals surface area contributed by atoms with Gasteiger partial charge in [-0.25, -0.2) is 0 Å². The summed E-state index contributed by atoms with van der Waals surface area (Å²) >= 11 is 0. The van der Waals surface area contributed by atoms with Crippen molar-refractivity contribution in [1.29, 1.82) is 0 Å². The van der Waals surface area contributed by atoms with E-state index in [2.05, 4.69) is 37.4 Å². The molecule has 0 saturated heterocycles. The fourth-order valence-corrected chi connectivity index (χ4v) is 3.75. The van der Waals surface area contributed by atoms with Crippen LogP contribution in [0.15, 0.2) is 43.0 Å². The summed E-state index contributed by atoms with van der Waals surface area (Å²) in [5.74, 6) is -0.0359. The monoisotopic (exact) mass is 367 g/mol. The van der Waals surface area contributed by atoms with Crippen LogP contribution in [-0.4, -0.2) is 48.0 Å². The molecule has 142 valence electrons.